The first-order valence-electron chi connectivity index (χ1n) is 5.59. The number of rotatable bonds is 5. The van der Waals surface area contributed by atoms with E-state index in [0.29, 0.717) is 10.9 Å². The minimum Gasteiger partial charge on any atom is -0.368 e. The van der Waals surface area contributed by atoms with E-state index in [9.17, 15) is 4.79 Å². The lowest BCUT2D eigenvalue weighted by molar-refractivity contribution is -0.120. The lowest BCUT2D eigenvalue weighted by Crippen LogP contribution is -2.32. The summed E-state index contributed by atoms with van der Waals surface area (Å²) in [4.78, 5) is 12.4. The third kappa shape index (κ3) is 3.79. The molecule has 6 heteroatoms. The van der Waals surface area contributed by atoms with Crippen LogP contribution in [-0.2, 0) is 11.3 Å². The molecule has 19 heavy (non-hydrogen) atoms. The topological polar surface area (TPSA) is 55.1 Å². The molecule has 0 fully saturated rings. The van der Waals surface area contributed by atoms with E-state index in [1.807, 2.05) is 36.4 Å². The molecule has 1 heterocycles. The molecule has 3 nitrogen and oxygen atoms in total. The molecule has 0 saturated carbocycles. The van der Waals surface area contributed by atoms with Crippen LogP contribution >= 0.6 is 38.9 Å². The van der Waals surface area contributed by atoms with Crippen molar-refractivity contribution in [2.45, 2.75) is 12.6 Å². The van der Waals surface area contributed by atoms with Gasteiger partial charge in [-0.2, -0.15) is 0 Å². The molecule has 0 aliphatic carbocycles. The summed E-state index contributed by atoms with van der Waals surface area (Å²) < 4.78 is 1.39. The third-order valence-corrected chi connectivity index (χ3v) is 5.13. The van der Waals surface area contributed by atoms with Gasteiger partial charge in [-0.1, -0.05) is 41.9 Å². The summed E-state index contributed by atoms with van der Waals surface area (Å²) in [5.74, 6) is -0.415. The number of carbonyl (C=O) groups is 1. The van der Waals surface area contributed by atoms with E-state index >= 15 is 0 Å². The zero-order valence-electron chi connectivity index (χ0n) is 9.90. The number of primary amides is 1. The van der Waals surface area contributed by atoms with Gasteiger partial charge in [0.05, 0.1) is 0 Å². The van der Waals surface area contributed by atoms with Crippen LogP contribution in [0, 0.1) is 0 Å². The van der Waals surface area contributed by atoms with Crippen molar-refractivity contribution in [3.8, 4) is 0 Å². The number of nitrogens with two attached hydrogens (primary N) is 1. The first-order valence-corrected chi connectivity index (χ1v) is 7.58. The van der Waals surface area contributed by atoms with Crippen LogP contribution in [0.25, 0.3) is 0 Å². The monoisotopic (exact) mass is 358 g/mol. The number of carbonyl (C=O) groups excluding carboxylic acids is 1. The predicted molar refractivity (Wildman–Crippen MR) is 82.2 cm³/mol. The normalized spacial score (nSPS) is 12.3. The van der Waals surface area contributed by atoms with Crippen LogP contribution in [0.5, 0.6) is 0 Å². The Labute approximate surface area is 128 Å². The molecule has 0 spiro atoms. The van der Waals surface area contributed by atoms with Crippen LogP contribution in [0.1, 0.15) is 16.5 Å². The van der Waals surface area contributed by atoms with E-state index in [4.69, 9.17) is 17.3 Å². The average molecular weight is 360 g/mol. The molecule has 1 aromatic heterocycles. The molecule has 2 aromatic rings. The second kappa shape index (κ2) is 6.52. The maximum Gasteiger partial charge on any atom is 0.240 e. The summed E-state index contributed by atoms with van der Waals surface area (Å²) in [5.41, 5.74) is 6.53. The summed E-state index contributed by atoms with van der Waals surface area (Å²) in [7, 11) is 0. The largest absolute Gasteiger partial charge is 0.368 e. The van der Waals surface area contributed by atoms with E-state index in [2.05, 4.69) is 21.2 Å². The van der Waals surface area contributed by atoms with Gasteiger partial charge in [-0.15, -0.1) is 11.3 Å². The number of benzene rings is 1. The zero-order chi connectivity index (χ0) is 13.8. The van der Waals surface area contributed by atoms with Crippen LogP contribution < -0.4 is 11.1 Å². The smallest absolute Gasteiger partial charge is 0.240 e. The maximum atomic E-state index is 11.5. The summed E-state index contributed by atoms with van der Waals surface area (Å²) in [5, 5.41) is 3.15. The van der Waals surface area contributed by atoms with Gasteiger partial charge >= 0.3 is 0 Å². The Morgan fingerprint density at radius 1 is 1.42 bits per heavy atom. The number of nitrogens with one attached hydrogen (secondary N) is 1. The van der Waals surface area contributed by atoms with Gasteiger partial charge in [-0.3, -0.25) is 10.1 Å². The Kier molecular flexibility index (Phi) is 4.99. The second-order valence-corrected chi connectivity index (χ2v) is 6.51. The summed E-state index contributed by atoms with van der Waals surface area (Å²) in [6.07, 6.45) is 0. The van der Waals surface area contributed by atoms with Gasteiger partial charge in [0.1, 0.15) is 10.4 Å². The number of hydrogen-bond acceptors (Lipinski definition) is 3. The molecule has 0 saturated heterocycles. The van der Waals surface area contributed by atoms with E-state index < -0.39 is 11.9 Å². The summed E-state index contributed by atoms with van der Waals surface area (Å²) in [6, 6.07) is 11.1. The quantitative estimate of drug-likeness (QED) is 0.858. The van der Waals surface area contributed by atoms with Gasteiger partial charge in [0.15, 0.2) is 0 Å². The summed E-state index contributed by atoms with van der Waals surface area (Å²) in [6.45, 7) is 0.571. The summed E-state index contributed by atoms with van der Waals surface area (Å²) >= 11 is 10.7. The van der Waals surface area contributed by atoms with Crippen molar-refractivity contribution in [2.75, 3.05) is 0 Å². The number of hydrogen-bond donors (Lipinski definition) is 2. The lowest BCUT2D eigenvalue weighted by Gasteiger charge is -2.13. The highest BCUT2D eigenvalue weighted by atomic mass is 79.9. The molecular formula is C13H12BrClN2OS. The standard InChI is InChI=1S/C13H12BrClN2OS/c14-9-6-10(19-12(9)15)11(13(16)18)17-7-8-4-2-1-3-5-8/h1-6,11,17H,7H2,(H2,16,18). The van der Waals surface area contributed by atoms with Gasteiger partial charge in [-0.05, 0) is 27.6 Å². The van der Waals surface area contributed by atoms with E-state index in [-0.39, 0.29) is 0 Å². The molecule has 1 aromatic carbocycles. The molecule has 1 unspecified atom stereocenters. The second-order valence-electron chi connectivity index (χ2n) is 3.97. The zero-order valence-corrected chi connectivity index (χ0v) is 13.1. The van der Waals surface area contributed by atoms with Crippen molar-refractivity contribution >= 4 is 44.8 Å². The Hall–Kier alpha value is -0.880. The Bertz CT molecular complexity index is 554. The van der Waals surface area contributed by atoms with Gasteiger partial charge < -0.3 is 5.73 Å². The minimum absolute atomic E-state index is 0.415. The molecule has 2 rings (SSSR count). The van der Waals surface area contributed by atoms with Crippen molar-refractivity contribution < 1.29 is 4.79 Å². The molecule has 1 amide bonds. The molecule has 1 atom stereocenters. The fourth-order valence-corrected chi connectivity index (χ4v) is 3.48. The highest BCUT2D eigenvalue weighted by molar-refractivity contribution is 9.10. The molecule has 0 bridgehead atoms. The van der Waals surface area contributed by atoms with Crippen molar-refractivity contribution in [3.05, 3.63) is 55.6 Å². The molecule has 100 valence electrons. The fraction of sp³-hybridized carbons (Fsp3) is 0.154. The van der Waals surface area contributed by atoms with E-state index in [1.165, 1.54) is 11.3 Å². The highest BCUT2D eigenvalue weighted by Gasteiger charge is 2.20. The Balaban J connectivity index is 2.11. The molecule has 0 radical (unpaired) electrons. The van der Waals surface area contributed by atoms with Crippen LogP contribution in [-0.4, -0.2) is 5.91 Å². The number of amides is 1. The van der Waals surface area contributed by atoms with Crippen molar-refractivity contribution in [2.24, 2.45) is 5.73 Å². The Morgan fingerprint density at radius 2 is 2.11 bits per heavy atom. The van der Waals surface area contributed by atoms with Crippen LogP contribution in [0.3, 0.4) is 0 Å². The first kappa shape index (κ1) is 14.5. The van der Waals surface area contributed by atoms with Gasteiger partial charge in [0, 0.05) is 15.9 Å². The molecule has 0 aliphatic heterocycles. The highest BCUT2D eigenvalue weighted by Crippen LogP contribution is 2.35. The number of thiophene rings is 1. The minimum atomic E-state index is -0.533. The van der Waals surface area contributed by atoms with Crippen LogP contribution in [0.15, 0.2) is 40.9 Å². The number of halogens is 2. The maximum absolute atomic E-state index is 11.5. The third-order valence-electron chi connectivity index (χ3n) is 2.59. The Morgan fingerprint density at radius 3 is 2.63 bits per heavy atom. The average Bonchev–Trinajstić information content (AvgIpc) is 2.70. The van der Waals surface area contributed by atoms with Crippen molar-refractivity contribution in [3.63, 3.8) is 0 Å². The van der Waals surface area contributed by atoms with E-state index in [1.54, 1.807) is 0 Å². The van der Waals surface area contributed by atoms with Crippen molar-refractivity contribution in [1.82, 2.24) is 5.32 Å². The fourth-order valence-electron chi connectivity index (χ4n) is 1.66. The first-order chi connectivity index (χ1) is 9.08. The molecule has 0 aliphatic rings. The van der Waals surface area contributed by atoms with Gasteiger partial charge in [-0.25, -0.2) is 0 Å². The van der Waals surface area contributed by atoms with E-state index in [0.717, 1.165) is 14.9 Å². The predicted octanol–water partition coefficient (Wildman–Crippen LogP) is 3.48. The van der Waals surface area contributed by atoms with Gasteiger partial charge in [0.2, 0.25) is 5.91 Å². The lowest BCUT2D eigenvalue weighted by atomic mass is 10.2. The van der Waals surface area contributed by atoms with Crippen LogP contribution in [0.4, 0.5) is 0 Å². The van der Waals surface area contributed by atoms with Crippen molar-refractivity contribution in [1.29, 1.82) is 0 Å². The SMILES string of the molecule is NC(=O)C(NCc1ccccc1)c1cc(Br)c(Cl)s1. The van der Waals surface area contributed by atoms with Gasteiger partial charge in [0.25, 0.3) is 0 Å². The van der Waals surface area contributed by atoms with Crippen LogP contribution in [0.2, 0.25) is 4.34 Å². The molecular weight excluding hydrogens is 348 g/mol. The molecule has 3 N–H and O–H groups in total.